The summed E-state index contributed by atoms with van der Waals surface area (Å²) in [7, 11) is 0. The molecule has 0 rings (SSSR count). The topological polar surface area (TPSA) is 20.2 Å². The summed E-state index contributed by atoms with van der Waals surface area (Å²) < 4.78 is 0. The molecule has 0 saturated carbocycles. The van der Waals surface area contributed by atoms with Crippen molar-refractivity contribution in [3.05, 3.63) is 0 Å². The van der Waals surface area contributed by atoms with E-state index >= 15 is 0 Å². The first-order chi connectivity index (χ1) is 7.81. The lowest BCUT2D eigenvalue weighted by Gasteiger charge is -2.09. The number of rotatable bonds is 11. The molecule has 0 aliphatic rings. The van der Waals surface area contributed by atoms with Crippen LogP contribution < -0.4 is 0 Å². The quantitative estimate of drug-likeness (QED) is 0.410. The Morgan fingerprint density at radius 1 is 0.938 bits per heavy atom. The second-order valence-corrected chi connectivity index (χ2v) is 4.66. The third-order valence-electron chi connectivity index (χ3n) is 3.00. The van der Waals surface area contributed by atoms with E-state index in [1.54, 1.807) is 0 Å². The summed E-state index contributed by atoms with van der Waals surface area (Å²) in [5.41, 5.74) is 0. The van der Waals surface area contributed by atoms with Gasteiger partial charge >= 0.3 is 0 Å². The lowest BCUT2D eigenvalue weighted by atomic mass is 10.0. The van der Waals surface area contributed by atoms with E-state index < -0.39 is 0 Å². The first-order valence-corrected chi connectivity index (χ1v) is 6.92. The Kier molecular flexibility index (Phi) is 12.2. The van der Waals surface area contributed by atoms with Crippen LogP contribution in [0.2, 0.25) is 0 Å². The van der Waals surface area contributed by atoms with Crippen molar-refractivity contribution in [2.45, 2.75) is 83.7 Å². The molecule has 0 aromatic carbocycles. The minimum absolute atomic E-state index is 0.0543. The molecule has 0 bridgehead atoms. The normalized spacial score (nSPS) is 12.3. The zero-order chi connectivity index (χ0) is 12.1. The Balaban J connectivity index is 3.06. The van der Waals surface area contributed by atoms with E-state index in [1.165, 1.54) is 44.9 Å². The number of aliphatic hydroxyl groups is 1. The first kappa shape index (κ1) is 15.5. The predicted octanol–water partition coefficient (Wildman–Crippen LogP) is 4.29. The van der Waals surface area contributed by atoms with Crippen LogP contribution in [-0.4, -0.2) is 11.2 Å². The fourth-order valence-corrected chi connectivity index (χ4v) is 1.90. The van der Waals surface area contributed by atoms with Gasteiger partial charge < -0.3 is 5.11 Å². The molecule has 94 valence electrons. The zero-order valence-corrected chi connectivity index (χ0v) is 10.9. The highest BCUT2D eigenvalue weighted by Crippen LogP contribution is 2.12. The molecule has 1 atom stereocenters. The van der Waals surface area contributed by atoms with Gasteiger partial charge in [-0.2, -0.15) is 0 Å². The third kappa shape index (κ3) is 11.6. The smallest absolute Gasteiger partial charge is 0.0540 e. The van der Waals surface area contributed by atoms with Crippen molar-refractivity contribution in [2.75, 3.05) is 0 Å². The molecular weight excluding hydrogens is 196 g/mol. The maximum Gasteiger partial charge on any atom is 0.0540 e. The van der Waals surface area contributed by atoms with Crippen molar-refractivity contribution in [1.82, 2.24) is 0 Å². The van der Waals surface area contributed by atoms with Gasteiger partial charge in [-0.1, -0.05) is 51.9 Å². The van der Waals surface area contributed by atoms with Crippen LogP contribution >= 0.6 is 0 Å². The van der Waals surface area contributed by atoms with Crippen LogP contribution in [0, 0.1) is 12.3 Å². The summed E-state index contributed by atoms with van der Waals surface area (Å²) in [5.74, 6) is 2.67. The van der Waals surface area contributed by atoms with Gasteiger partial charge in [-0.25, -0.2) is 0 Å². The van der Waals surface area contributed by atoms with Crippen LogP contribution in [0.25, 0.3) is 0 Å². The average Bonchev–Trinajstić information content (AvgIpc) is 2.30. The molecule has 0 radical (unpaired) electrons. The molecular formula is C15H28O. The van der Waals surface area contributed by atoms with Gasteiger partial charge in [0.25, 0.3) is 0 Å². The molecule has 0 aliphatic carbocycles. The minimum Gasteiger partial charge on any atom is -0.393 e. The van der Waals surface area contributed by atoms with Crippen molar-refractivity contribution < 1.29 is 5.11 Å². The third-order valence-corrected chi connectivity index (χ3v) is 3.00. The van der Waals surface area contributed by atoms with Gasteiger partial charge in [0, 0.05) is 6.42 Å². The second kappa shape index (κ2) is 12.6. The van der Waals surface area contributed by atoms with Crippen molar-refractivity contribution in [3.63, 3.8) is 0 Å². The molecule has 1 unspecified atom stereocenters. The summed E-state index contributed by atoms with van der Waals surface area (Å²) in [6, 6.07) is 0. The molecule has 1 N–H and O–H groups in total. The molecule has 1 nitrogen and oxygen atoms in total. The summed E-state index contributed by atoms with van der Waals surface area (Å²) in [4.78, 5) is 0. The number of unbranched alkanes of at least 4 members (excludes halogenated alkanes) is 7. The van der Waals surface area contributed by atoms with Crippen LogP contribution in [0.1, 0.15) is 77.6 Å². The molecule has 0 heterocycles. The highest BCUT2D eigenvalue weighted by Gasteiger charge is 2.02. The molecule has 16 heavy (non-hydrogen) atoms. The lowest BCUT2D eigenvalue weighted by Crippen LogP contribution is -2.05. The number of hydrogen-bond donors (Lipinski definition) is 1. The van der Waals surface area contributed by atoms with Crippen molar-refractivity contribution in [1.29, 1.82) is 0 Å². The van der Waals surface area contributed by atoms with E-state index in [2.05, 4.69) is 12.8 Å². The van der Waals surface area contributed by atoms with Gasteiger partial charge in [0.1, 0.15) is 0 Å². The second-order valence-electron chi connectivity index (χ2n) is 4.66. The highest BCUT2D eigenvalue weighted by molar-refractivity contribution is 4.82. The first-order valence-electron chi connectivity index (χ1n) is 6.92. The maximum atomic E-state index is 9.63. The van der Waals surface area contributed by atoms with E-state index in [0.717, 1.165) is 25.7 Å². The average molecular weight is 224 g/mol. The monoisotopic (exact) mass is 224 g/mol. The fourth-order valence-electron chi connectivity index (χ4n) is 1.90. The summed E-state index contributed by atoms with van der Waals surface area (Å²) >= 11 is 0. The Hall–Kier alpha value is -0.480. The molecule has 0 aromatic rings. The van der Waals surface area contributed by atoms with Crippen molar-refractivity contribution >= 4 is 0 Å². The summed E-state index contributed by atoms with van der Waals surface area (Å²) in [5, 5.41) is 9.63. The lowest BCUT2D eigenvalue weighted by molar-refractivity contribution is 0.148. The SMILES string of the molecule is C#CCCCCCCCCC(O)CCCC. The van der Waals surface area contributed by atoms with Gasteiger partial charge in [-0.05, 0) is 19.3 Å². The summed E-state index contributed by atoms with van der Waals surface area (Å²) in [6.45, 7) is 2.17. The highest BCUT2D eigenvalue weighted by atomic mass is 16.3. The van der Waals surface area contributed by atoms with E-state index in [1.807, 2.05) is 0 Å². The van der Waals surface area contributed by atoms with Crippen LogP contribution in [0.15, 0.2) is 0 Å². The van der Waals surface area contributed by atoms with Crippen LogP contribution in [-0.2, 0) is 0 Å². The van der Waals surface area contributed by atoms with Crippen LogP contribution in [0.3, 0.4) is 0 Å². The Morgan fingerprint density at radius 2 is 1.50 bits per heavy atom. The molecule has 0 saturated heterocycles. The van der Waals surface area contributed by atoms with Gasteiger partial charge in [0.15, 0.2) is 0 Å². The number of hydrogen-bond acceptors (Lipinski definition) is 1. The van der Waals surface area contributed by atoms with E-state index in [0.29, 0.717) is 0 Å². The van der Waals surface area contributed by atoms with Gasteiger partial charge in [-0.15, -0.1) is 12.3 Å². The standard InChI is InChI=1S/C15H28O/c1-3-5-7-8-9-10-11-12-14-15(16)13-6-4-2/h1,15-16H,4-14H2,2H3. The summed E-state index contributed by atoms with van der Waals surface area (Å²) in [6.07, 6.45) is 17.9. The van der Waals surface area contributed by atoms with Crippen molar-refractivity contribution in [2.24, 2.45) is 0 Å². The molecule has 0 aliphatic heterocycles. The van der Waals surface area contributed by atoms with Crippen molar-refractivity contribution in [3.8, 4) is 12.3 Å². The van der Waals surface area contributed by atoms with Crippen LogP contribution in [0.5, 0.6) is 0 Å². The predicted molar refractivity (Wildman–Crippen MR) is 71.3 cm³/mol. The molecule has 0 spiro atoms. The van der Waals surface area contributed by atoms with E-state index in [9.17, 15) is 5.11 Å². The minimum atomic E-state index is -0.0543. The van der Waals surface area contributed by atoms with Gasteiger partial charge in [0.2, 0.25) is 0 Å². The Labute approximate surface area is 102 Å². The van der Waals surface area contributed by atoms with Crippen LogP contribution in [0.4, 0.5) is 0 Å². The Bertz CT molecular complexity index is 169. The largest absolute Gasteiger partial charge is 0.393 e. The maximum absolute atomic E-state index is 9.63. The molecule has 0 amide bonds. The molecule has 0 fully saturated rings. The van der Waals surface area contributed by atoms with Gasteiger partial charge in [-0.3, -0.25) is 0 Å². The number of aliphatic hydroxyl groups excluding tert-OH is 1. The number of terminal acetylenes is 1. The van der Waals surface area contributed by atoms with Gasteiger partial charge in [0.05, 0.1) is 6.10 Å². The van der Waals surface area contributed by atoms with E-state index in [-0.39, 0.29) is 6.10 Å². The molecule has 0 aromatic heterocycles. The molecule has 1 heteroatoms. The zero-order valence-electron chi connectivity index (χ0n) is 10.9. The van der Waals surface area contributed by atoms with E-state index in [4.69, 9.17) is 6.42 Å². The Morgan fingerprint density at radius 3 is 2.12 bits per heavy atom. The fraction of sp³-hybridized carbons (Fsp3) is 0.867.